The lowest BCUT2D eigenvalue weighted by molar-refractivity contribution is -0.154. The summed E-state index contributed by atoms with van der Waals surface area (Å²) in [6, 6.07) is 12.5. The van der Waals surface area contributed by atoms with E-state index in [-0.39, 0.29) is 11.5 Å². The van der Waals surface area contributed by atoms with Gasteiger partial charge in [-0.15, -0.1) is 0 Å². The normalized spacial score (nSPS) is 21.7. The van der Waals surface area contributed by atoms with Crippen molar-refractivity contribution in [3.8, 4) is 5.75 Å². The molecule has 170 valence electrons. The van der Waals surface area contributed by atoms with Crippen LogP contribution in [0.1, 0.15) is 34.1 Å². The van der Waals surface area contributed by atoms with Crippen LogP contribution < -0.4 is 4.74 Å². The molecule has 2 aromatic carbocycles. The van der Waals surface area contributed by atoms with Crippen LogP contribution in [0.2, 0.25) is 5.02 Å². The predicted molar refractivity (Wildman–Crippen MR) is 122 cm³/mol. The summed E-state index contributed by atoms with van der Waals surface area (Å²) in [5.41, 5.74) is 0.542. The first-order valence-corrected chi connectivity index (χ1v) is 11.0. The second-order valence-electron chi connectivity index (χ2n) is 8.16. The monoisotopic (exact) mass is 466 g/mol. The number of carbonyl (C=O) groups is 4. The minimum atomic E-state index is -0.630. The lowest BCUT2D eigenvalue weighted by atomic mass is 9.78. The van der Waals surface area contributed by atoms with E-state index in [1.807, 2.05) is 19.1 Å². The van der Waals surface area contributed by atoms with Gasteiger partial charge in [0.2, 0.25) is 0 Å². The van der Waals surface area contributed by atoms with Crippen LogP contribution in [0.5, 0.6) is 5.75 Å². The molecule has 3 amide bonds. The summed E-state index contributed by atoms with van der Waals surface area (Å²) in [5.74, 6) is -2.65. The Morgan fingerprint density at radius 2 is 1.67 bits per heavy atom. The zero-order valence-electron chi connectivity index (χ0n) is 18.2. The molecule has 2 aliphatic rings. The van der Waals surface area contributed by atoms with E-state index in [0.717, 1.165) is 10.0 Å². The predicted octanol–water partition coefficient (Wildman–Crippen LogP) is 3.79. The summed E-state index contributed by atoms with van der Waals surface area (Å²) in [6.45, 7) is 1.41. The molecule has 1 heterocycles. The third kappa shape index (κ3) is 4.28. The number of halogens is 1. The summed E-state index contributed by atoms with van der Waals surface area (Å²) < 4.78 is 5.12. The molecule has 1 aliphatic carbocycles. The number of methoxy groups -OCH3 is 1. The van der Waals surface area contributed by atoms with Crippen LogP contribution in [0.25, 0.3) is 0 Å². The molecular formula is C25H23ClN2O5. The Kier molecular flexibility index (Phi) is 6.33. The van der Waals surface area contributed by atoms with E-state index >= 15 is 0 Å². The molecule has 2 aromatic rings. The van der Waals surface area contributed by atoms with Gasteiger partial charge in [-0.3, -0.25) is 19.2 Å². The van der Waals surface area contributed by atoms with Gasteiger partial charge in [-0.25, -0.2) is 5.01 Å². The number of allylic oxidation sites excluding steroid dienone is 2. The number of fused-ring (bicyclic) bond motifs is 1. The fourth-order valence-electron chi connectivity index (χ4n) is 4.35. The van der Waals surface area contributed by atoms with Crippen LogP contribution >= 0.6 is 11.6 Å². The number of hydrazine groups is 1. The average molecular weight is 467 g/mol. The average Bonchev–Trinajstić information content (AvgIpc) is 3.08. The van der Waals surface area contributed by atoms with E-state index in [9.17, 15) is 19.2 Å². The number of amides is 3. The molecule has 0 spiro atoms. The summed E-state index contributed by atoms with van der Waals surface area (Å²) in [7, 11) is 1.52. The quantitative estimate of drug-likeness (QED) is 0.367. The standard InChI is InChI=1S/C25H23ClN2O5/c1-15-4-3-5-20-22(15)25(32)28(24(20)31)27(23(30)17-6-10-18(26)11-7-17)14-21(29)16-8-12-19(33-2)13-9-16/h3-4,6-13,15,20,22H,5,14H2,1-2H3/t15-,20+,22+/m0/s1. The van der Waals surface area contributed by atoms with Gasteiger partial charge in [0.25, 0.3) is 17.7 Å². The SMILES string of the molecule is COc1ccc(C(=O)CN(C(=O)c2ccc(Cl)cc2)N2C(=O)[C@@H]3[C@@H](C)C=CC[C@H]3C2=O)cc1. The van der Waals surface area contributed by atoms with Crippen LogP contribution in [-0.4, -0.2) is 47.2 Å². The lowest BCUT2D eigenvalue weighted by Crippen LogP contribution is -2.52. The molecule has 1 aliphatic heterocycles. The van der Waals surface area contributed by atoms with Crippen molar-refractivity contribution in [3.05, 3.63) is 76.8 Å². The Labute approximate surface area is 196 Å². The Hall–Kier alpha value is -3.45. The number of rotatable bonds is 6. The van der Waals surface area contributed by atoms with E-state index in [4.69, 9.17) is 16.3 Å². The van der Waals surface area contributed by atoms with Crippen molar-refractivity contribution in [1.29, 1.82) is 0 Å². The third-order valence-corrected chi connectivity index (χ3v) is 6.37. The van der Waals surface area contributed by atoms with Crippen molar-refractivity contribution in [2.75, 3.05) is 13.7 Å². The van der Waals surface area contributed by atoms with E-state index in [1.165, 1.54) is 31.4 Å². The lowest BCUT2D eigenvalue weighted by Gasteiger charge is -2.30. The molecule has 4 rings (SSSR count). The maximum absolute atomic E-state index is 13.4. The van der Waals surface area contributed by atoms with Gasteiger partial charge in [-0.1, -0.05) is 30.7 Å². The Morgan fingerprint density at radius 3 is 2.27 bits per heavy atom. The molecule has 8 heteroatoms. The van der Waals surface area contributed by atoms with Crippen LogP contribution in [0.15, 0.2) is 60.7 Å². The number of ether oxygens (including phenoxy) is 1. The molecular weight excluding hydrogens is 444 g/mol. The molecule has 7 nitrogen and oxygen atoms in total. The zero-order chi connectivity index (χ0) is 23.7. The van der Waals surface area contributed by atoms with Gasteiger partial charge in [-0.2, -0.15) is 5.01 Å². The van der Waals surface area contributed by atoms with Gasteiger partial charge in [0.15, 0.2) is 5.78 Å². The summed E-state index contributed by atoms with van der Waals surface area (Å²) >= 11 is 5.94. The molecule has 0 N–H and O–H groups in total. The fourth-order valence-corrected chi connectivity index (χ4v) is 4.47. The summed E-state index contributed by atoms with van der Waals surface area (Å²) in [5, 5.41) is 2.27. The number of imide groups is 1. The van der Waals surface area contributed by atoms with Gasteiger partial charge < -0.3 is 4.74 Å². The highest BCUT2D eigenvalue weighted by Crippen LogP contribution is 2.39. The van der Waals surface area contributed by atoms with E-state index in [1.54, 1.807) is 24.3 Å². The highest BCUT2D eigenvalue weighted by molar-refractivity contribution is 6.30. The number of carbonyl (C=O) groups excluding carboxylic acids is 4. The molecule has 33 heavy (non-hydrogen) atoms. The Bertz CT molecular complexity index is 1130. The first-order valence-electron chi connectivity index (χ1n) is 10.6. The third-order valence-electron chi connectivity index (χ3n) is 6.12. The largest absolute Gasteiger partial charge is 0.497 e. The molecule has 3 atom stereocenters. The number of nitrogens with zero attached hydrogens (tertiary/aromatic N) is 2. The highest BCUT2D eigenvalue weighted by atomic mass is 35.5. The fraction of sp³-hybridized carbons (Fsp3) is 0.280. The van der Waals surface area contributed by atoms with Gasteiger partial charge in [0, 0.05) is 16.1 Å². The topological polar surface area (TPSA) is 84.0 Å². The molecule has 0 aromatic heterocycles. The number of hydrogen-bond acceptors (Lipinski definition) is 5. The van der Waals surface area contributed by atoms with E-state index in [0.29, 0.717) is 22.8 Å². The minimum absolute atomic E-state index is 0.144. The van der Waals surface area contributed by atoms with Crippen molar-refractivity contribution in [2.24, 2.45) is 17.8 Å². The molecule has 0 bridgehead atoms. The van der Waals surface area contributed by atoms with Crippen molar-refractivity contribution in [2.45, 2.75) is 13.3 Å². The number of ketones is 1. The van der Waals surface area contributed by atoms with Gasteiger partial charge in [0.1, 0.15) is 12.3 Å². The molecule has 1 fully saturated rings. The molecule has 0 unspecified atom stereocenters. The molecule has 0 saturated carbocycles. The van der Waals surface area contributed by atoms with Crippen molar-refractivity contribution in [3.63, 3.8) is 0 Å². The summed E-state index contributed by atoms with van der Waals surface area (Å²) in [6.07, 6.45) is 4.21. The summed E-state index contributed by atoms with van der Waals surface area (Å²) in [4.78, 5) is 53.1. The maximum Gasteiger partial charge on any atom is 0.273 e. The van der Waals surface area contributed by atoms with Crippen LogP contribution in [0.3, 0.4) is 0 Å². The van der Waals surface area contributed by atoms with E-state index < -0.39 is 41.9 Å². The van der Waals surface area contributed by atoms with E-state index in [2.05, 4.69) is 0 Å². The van der Waals surface area contributed by atoms with Crippen LogP contribution in [0, 0.1) is 17.8 Å². The highest BCUT2D eigenvalue weighted by Gasteiger charge is 2.53. The number of hydrogen-bond donors (Lipinski definition) is 0. The van der Waals surface area contributed by atoms with Crippen molar-refractivity contribution < 1.29 is 23.9 Å². The molecule has 1 saturated heterocycles. The number of Topliss-reactive ketones (excluding diaryl/α,β-unsaturated/α-hetero) is 1. The Balaban J connectivity index is 1.69. The van der Waals surface area contributed by atoms with Gasteiger partial charge in [0.05, 0.1) is 18.9 Å². The second kappa shape index (κ2) is 9.19. The molecule has 0 radical (unpaired) electrons. The Morgan fingerprint density at radius 1 is 1.03 bits per heavy atom. The van der Waals surface area contributed by atoms with Gasteiger partial charge in [-0.05, 0) is 60.9 Å². The van der Waals surface area contributed by atoms with Crippen molar-refractivity contribution in [1.82, 2.24) is 10.0 Å². The van der Waals surface area contributed by atoms with Crippen LogP contribution in [0.4, 0.5) is 0 Å². The zero-order valence-corrected chi connectivity index (χ0v) is 19.0. The smallest absolute Gasteiger partial charge is 0.273 e. The maximum atomic E-state index is 13.4. The van der Waals surface area contributed by atoms with Gasteiger partial charge >= 0.3 is 0 Å². The first-order chi connectivity index (χ1) is 15.8. The van der Waals surface area contributed by atoms with Crippen LogP contribution in [-0.2, 0) is 9.59 Å². The number of benzene rings is 2. The van der Waals surface area contributed by atoms with Crippen molar-refractivity contribution >= 4 is 35.1 Å². The second-order valence-corrected chi connectivity index (χ2v) is 8.60. The minimum Gasteiger partial charge on any atom is -0.497 e. The first kappa shape index (κ1) is 22.7.